The molecule has 0 aliphatic heterocycles. The first-order valence-corrected chi connectivity index (χ1v) is 17.2. The van der Waals surface area contributed by atoms with Crippen molar-refractivity contribution in [2.24, 2.45) is 5.41 Å². The van der Waals surface area contributed by atoms with Crippen molar-refractivity contribution in [2.45, 2.75) is 78.1 Å². The highest BCUT2D eigenvalue weighted by molar-refractivity contribution is 7.99. The maximum Gasteiger partial charge on any atom is 0.303 e. The van der Waals surface area contributed by atoms with E-state index in [4.69, 9.17) is 16.6 Å². The molecule has 1 aromatic heterocycles. The second-order valence-corrected chi connectivity index (χ2v) is 12.5. The van der Waals surface area contributed by atoms with Crippen LogP contribution in [0.4, 0.5) is 0 Å². The Morgan fingerprint density at radius 1 is 0.977 bits per heavy atom. The number of carboxylic acids is 1. The standard InChI is InChI=1S/C34H34ClNO3S.2C2H6/c1-23(37)30-8-3-2-6-25(30)12-16-32(40-22-34(17-18-34)21-33(38)39)27-7-4-5-24(19-27)9-14-29-15-11-26-10-13-28(35)20-31(26)36-29;2*1-2/h2-11,13-15,19-20,23,32,37H,12,16-18,21-22H2,1H3,(H,38,39);2*1-2H3/b14-9+;;/t23?,32-;;/m1../s1. The second-order valence-electron chi connectivity index (χ2n) is 10.9. The van der Waals surface area contributed by atoms with E-state index in [1.54, 1.807) is 0 Å². The third kappa shape index (κ3) is 10.2. The molecule has 2 atom stereocenters. The number of thioether (sulfide) groups is 1. The van der Waals surface area contributed by atoms with Crippen molar-refractivity contribution in [1.82, 2.24) is 4.98 Å². The number of halogens is 1. The Kier molecular flexibility index (Phi) is 14.0. The number of hydrogen-bond acceptors (Lipinski definition) is 4. The Morgan fingerprint density at radius 3 is 2.41 bits per heavy atom. The van der Waals surface area contributed by atoms with Gasteiger partial charge in [0.2, 0.25) is 0 Å². The van der Waals surface area contributed by atoms with Gasteiger partial charge in [0.25, 0.3) is 0 Å². The molecule has 6 heteroatoms. The SMILES string of the molecule is CC.CC.CC(O)c1ccccc1CC[C@@H](SCC1(CC(=O)O)CC1)c1cccc(/C=C/c2ccc3ccc(Cl)cc3n2)c1. The number of rotatable bonds is 12. The number of aliphatic hydroxyl groups is 1. The summed E-state index contributed by atoms with van der Waals surface area (Å²) in [6, 6.07) is 26.4. The summed E-state index contributed by atoms with van der Waals surface area (Å²) < 4.78 is 0. The number of nitrogens with zero attached hydrogens (tertiary/aromatic N) is 1. The van der Waals surface area contributed by atoms with E-state index in [2.05, 4.69) is 42.5 Å². The van der Waals surface area contributed by atoms with Crippen LogP contribution in [0.1, 0.15) is 99.6 Å². The average molecular weight is 632 g/mol. The summed E-state index contributed by atoms with van der Waals surface area (Å²) in [7, 11) is 0. The fourth-order valence-electron chi connectivity index (χ4n) is 5.19. The normalized spacial score (nSPS) is 14.6. The van der Waals surface area contributed by atoms with Crippen LogP contribution in [-0.4, -0.2) is 26.9 Å². The lowest BCUT2D eigenvalue weighted by atomic mass is 9.96. The number of carboxylic acid groups (broad SMARTS) is 1. The molecule has 44 heavy (non-hydrogen) atoms. The van der Waals surface area contributed by atoms with Gasteiger partial charge in [-0.05, 0) is 84.6 Å². The first-order chi connectivity index (χ1) is 21.3. The van der Waals surface area contributed by atoms with Gasteiger partial charge in [0, 0.05) is 21.4 Å². The van der Waals surface area contributed by atoms with E-state index in [1.165, 1.54) is 5.56 Å². The van der Waals surface area contributed by atoms with Gasteiger partial charge < -0.3 is 10.2 Å². The monoisotopic (exact) mass is 631 g/mol. The molecule has 0 radical (unpaired) electrons. The summed E-state index contributed by atoms with van der Waals surface area (Å²) in [5, 5.41) is 21.6. The molecule has 1 unspecified atom stereocenters. The quantitative estimate of drug-likeness (QED) is 0.163. The molecule has 0 spiro atoms. The van der Waals surface area contributed by atoms with Crippen molar-refractivity contribution >= 4 is 52.4 Å². The first-order valence-electron chi connectivity index (χ1n) is 15.7. The molecule has 1 aliphatic carbocycles. The Morgan fingerprint density at radius 2 is 1.70 bits per heavy atom. The molecule has 234 valence electrons. The Labute approximate surface area is 272 Å². The number of aryl methyl sites for hydroxylation is 1. The molecule has 1 saturated carbocycles. The maximum absolute atomic E-state index is 11.5. The van der Waals surface area contributed by atoms with Crippen molar-refractivity contribution < 1.29 is 15.0 Å². The minimum Gasteiger partial charge on any atom is -0.481 e. The molecular weight excluding hydrogens is 586 g/mol. The van der Waals surface area contributed by atoms with Gasteiger partial charge in [0.1, 0.15) is 0 Å². The van der Waals surface area contributed by atoms with Crippen LogP contribution in [0.5, 0.6) is 0 Å². The van der Waals surface area contributed by atoms with Gasteiger partial charge >= 0.3 is 5.97 Å². The van der Waals surface area contributed by atoms with Crippen LogP contribution < -0.4 is 0 Å². The molecule has 0 bridgehead atoms. The van der Waals surface area contributed by atoms with Crippen molar-refractivity contribution in [3.05, 3.63) is 112 Å². The molecule has 0 saturated heterocycles. The fraction of sp³-hybridized carbons (Fsp3) is 0.368. The summed E-state index contributed by atoms with van der Waals surface area (Å²) >= 11 is 8.03. The van der Waals surface area contributed by atoms with Gasteiger partial charge in [0.05, 0.1) is 23.7 Å². The van der Waals surface area contributed by atoms with Gasteiger partial charge in [-0.1, -0.05) is 106 Å². The number of aliphatic carboxylic acids is 1. The molecule has 4 nitrogen and oxygen atoms in total. The number of carbonyl (C=O) groups is 1. The summed E-state index contributed by atoms with van der Waals surface area (Å²) in [6.07, 6.45) is 7.54. The highest BCUT2D eigenvalue weighted by Gasteiger charge is 2.44. The Balaban J connectivity index is 0.00000127. The number of aromatic nitrogens is 1. The number of benzene rings is 3. The fourth-order valence-corrected chi connectivity index (χ4v) is 6.93. The number of fused-ring (bicyclic) bond motifs is 1. The van der Waals surface area contributed by atoms with Gasteiger partial charge in [0.15, 0.2) is 0 Å². The zero-order valence-corrected chi connectivity index (χ0v) is 28.2. The first kappa shape index (κ1) is 35.4. The highest BCUT2D eigenvalue weighted by atomic mass is 35.5. The van der Waals surface area contributed by atoms with Crippen LogP contribution in [0.15, 0.2) is 78.9 Å². The smallest absolute Gasteiger partial charge is 0.303 e. The Hall–Kier alpha value is -3.12. The number of hydrogen-bond donors (Lipinski definition) is 2. The van der Waals surface area contributed by atoms with E-state index in [0.29, 0.717) is 5.02 Å². The van der Waals surface area contributed by atoms with Crippen LogP contribution in [-0.2, 0) is 11.2 Å². The van der Waals surface area contributed by atoms with Crippen LogP contribution in [0.2, 0.25) is 5.02 Å². The number of aliphatic hydroxyl groups excluding tert-OH is 1. The van der Waals surface area contributed by atoms with Gasteiger partial charge in [-0.15, -0.1) is 0 Å². The minimum absolute atomic E-state index is 0.0750. The molecule has 4 aromatic rings. The number of pyridine rings is 1. The van der Waals surface area contributed by atoms with E-state index >= 15 is 0 Å². The molecule has 1 heterocycles. The molecule has 5 rings (SSSR count). The zero-order chi connectivity index (χ0) is 32.1. The predicted molar refractivity (Wildman–Crippen MR) is 189 cm³/mol. The maximum atomic E-state index is 11.5. The highest BCUT2D eigenvalue weighted by Crippen LogP contribution is 2.53. The molecule has 1 aliphatic rings. The minimum atomic E-state index is -0.711. The lowest BCUT2D eigenvalue weighted by molar-refractivity contribution is -0.138. The molecule has 3 aromatic carbocycles. The largest absolute Gasteiger partial charge is 0.481 e. The molecule has 1 fully saturated rings. The van der Waals surface area contributed by atoms with Crippen molar-refractivity contribution in [1.29, 1.82) is 0 Å². The van der Waals surface area contributed by atoms with Gasteiger partial charge in [-0.25, -0.2) is 4.98 Å². The van der Waals surface area contributed by atoms with Crippen LogP contribution in [0.3, 0.4) is 0 Å². The summed E-state index contributed by atoms with van der Waals surface area (Å²) in [5.41, 5.74) is 6.11. The van der Waals surface area contributed by atoms with E-state index in [1.807, 2.05) is 94.9 Å². The van der Waals surface area contributed by atoms with E-state index in [9.17, 15) is 15.0 Å². The van der Waals surface area contributed by atoms with E-state index in [0.717, 1.165) is 64.7 Å². The summed E-state index contributed by atoms with van der Waals surface area (Å²) in [4.78, 5) is 16.2. The van der Waals surface area contributed by atoms with Crippen molar-refractivity contribution in [3.8, 4) is 0 Å². The predicted octanol–water partition coefficient (Wildman–Crippen LogP) is 10.8. The summed E-state index contributed by atoms with van der Waals surface area (Å²) in [6.45, 7) is 9.81. The average Bonchev–Trinajstić information content (AvgIpc) is 3.80. The lowest BCUT2D eigenvalue weighted by Crippen LogP contribution is -2.12. The zero-order valence-electron chi connectivity index (χ0n) is 26.6. The van der Waals surface area contributed by atoms with Crippen molar-refractivity contribution in [2.75, 3.05) is 5.75 Å². The Bertz CT molecular complexity index is 1530. The van der Waals surface area contributed by atoms with E-state index < -0.39 is 12.1 Å². The molecule has 2 N–H and O–H groups in total. The van der Waals surface area contributed by atoms with Gasteiger partial charge in [-0.2, -0.15) is 11.8 Å². The summed E-state index contributed by atoms with van der Waals surface area (Å²) in [5.74, 6) is 0.128. The molecular formula is C38H46ClNO3S. The van der Waals surface area contributed by atoms with Crippen molar-refractivity contribution in [3.63, 3.8) is 0 Å². The third-order valence-electron chi connectivity index (χ3n) is 7.66. The molecule has 0 amide bonds. The third-order valence-corrected chi connectivity index (χ3v) is 9.58. The topological polar surface area (TPSA) is 70.4 Å². The van der Waals surface area contributed by atoms with Crippen LogP contribution >= 0.6 is 23.4 Å². The van der Waals surface area contributed by atoms with Gasteiger partial charge in [-0.3, -0.25) is 4.79 Å². The van der Waals surface area contributed by atoms with Crippen LogP contribution in [0.25, 0.3) is 23.1 Å². The van der Waals surface area contributed by atoms with Crippen LogP contribution in [0, 0.1) is 5.41 Å². The van der Waals surface area contributed by atoms with E-state index in [-0.39, 0.29) is 17.1 Å². The lowest BCUT2D eigenvalue weighted by Gasteiger charge is -2.22. The second kappa shape index (κ2) is 17.4.